The van der Waals surface area contributed by atoms with Crippen LogP contribution >= 0.6 is 0 Å². The van der Waals surface area contributed by atoms with Crippen molar-refractivity contribution in [3.8, 4) is 11.6 Å². The van der Waals surface area contributed by atoms with E-state index in [1.165, 1.54) is 0 Å². The van der Waals surface area contributed by atoms with Crippen LogP contribution in [0.3, 0.4) is 0 Å². The molecule has 1 saturated heterocycles. The lowest BCUT2D eigenvalue weighted by atomic mass is 10.1. The third kappa shape index (κ3) is 3.26. The standard InChI is InChI=1S/C21H19N5O3/c1-12-3-4-17-15(7-12)8-18(28-17)21(27)26-6-5-14(11-26)19-24-25-20(29-19)16-10-22-13(2)9-23-16/h3-4,7-10,14H,5-6,11H2,1-2H3/t14-/m1/s1. The van der Waals surface area contributed by atoms with E-state index in [9.17, 15) is 4.79 Å². The summed E-state index contributed by atoms with van der Waals surface area (Å²) >= 11 is 0. The number of amides is 1. The number of hydrogen-bond donors (Lipinski definition) is 0. The van der Waals surface area contributed by atoms with Gasteiger partial charge in [-0.15, -0.1) is 10.2 Å². The van der Waals surface area contributed by atoms with E-state index < -0.39 is 0 Å². The summed E-state index contributed by atoms with van der Waals surface area (Å²) < 4.78 is 11.6. The second kappa shape index (κ2) is 6.80. The zero-order valence-electron chi connectivity index (χ0n) is 16.1. The van der Waals surface area contributed by atoms with Gasteiger partial charge < -0.3 is 13.7 Å². The van der Waals surface area contributed by atoms with Crippen molar-refractivity contribution in [3.05, 3.63) is 59.6 Å². The van der Waals surface area contributed by atoms with Gasteiger partial charge in [-0.1, -0.05) is 11.6 Å². The van der Waals surface area contributed by atoms with Crippen molar-refractivity contribution in [2.24, 2.45) is 0 Å². The number of carbonyl (C=O) groups excluding carboxylic acids is 1. The zero-order valence-corrected chi connectivity index (χ0v) is 16.1. The van der Waals surface area contributed by atoms with Gasteiger partial charge in [0, 0.05) is 24.7 Å². The highest BCUT2D eigenvalue weighted by Gasteiger charge is 2.33. The number of fused-ring (bicyclic) bond motifs is 1. The largest absolute Gasteiger partial charge is 0.451 e. The average Bonchev–Trinajstić information content (AvgIpc) is 3.46. The predicted octanol–water partition coefficient (Wildman–Crippen LogP) is 3.52. The molecule has 0 saturated carbocycles. The summed E-state index contributed by atoms with van der Waals surface area (Å²) in [6, 6.07) is 7.68. The van der Waals surface area contributed by atoms with Gasteiger partial charge in [-0.05, 0) is 38.5 Å². The van der Waals surface area contributed by atoms with Crippen molar-refractivity contribution in [1.82, 2.24) is 25.1 Å². The molecule has 0 bridgehead atoms. The van der Waals surface area contributed by atoms with E-state index in [-0.39, 0.29) is 11.8 Å². The summed E-state index contributed by atoms with van der Waals surface area (Å²) in [5.41, 5.74) is 3.21. The number of rotatable bonds is 3. The lowest BCUT2D eigenvalue weighted by Gasteiger charge is -2.13. The van der Waals surface area contributed by atoms with Crippen molar-refractivity contribution < 1.29 is 13.6 Å². The number of benzene rings is 1. The number of aryl methyl sites for hydroxylation is 2. The number of carbonyl (C=O) groups is 1. The number of furan rings is 1. The topological polar surface area (TPSA) is 98.2 Å². The molecule has 0 radical (unpaired) electrons. The quantitative estimate of drug-likeness (QED) is 0.529. The smallest absolute Gasteiger partial charge is 0.289 e. The van der Waals surface area contributed by atoms with E-state index >= 15 is 0 Å². The first-order valence-electron chi connectivity index (χ1n) is 9.49. The first-order valence-corrected chi connectivity index (χ1v) is 9.49. The molecule has 0 spiro atoms. The highest BCUT2D eigenvalue weighted by Crippen LogP contribution is 2.30. The molecule has 8 nitrogen and oxygen atoms in total. The Balaban J connectivity index is 1.31. The van der Waals surface area contributed by atoms with Crippen LogP contribution in [0.25, 0.3) is 22.6 Å². The monoisotopic (exact) mass is 389 g/mol. The zero-order chi connectivity index (χ0) is 20.0. The SMILES string of the molecule is Cc1ccc2oc(C(=O)N3CC[C@@H](c4nnc(-c5cnc(C)cn5)o4)C3)cc2c1. The Hall–Kier alpha value is -3.55. The molecule has 0 unspecified atom stereocenters. The Bertz CT molecular complexity index is 1190. The van der Waals surface area contributed by atoms with Gasteiger partial charge in [0.25, 0.3) is 11.8 Å². The van der Waals surface area contributed by atoms with Gasteiger partial charge in [-0.2, -0.15) is 0 Å². The minimum absolute atomic E-state index is 0.00905. The molecule has 0 N–H and O–H groups in total. The second-order valence-corrected chi connectivity index (χ2v) is 7.38. The highest BCUT2D eigenvalue weighted by molar-refractivity contribution is 5.96. The van der Waals surface area contributed by atoms with Gasteiger partial charge >= 0.3 is 0 Å². The van der Waals surface area contributed by atoms with Crippen LogP contribution < -0.4 is 0 Å². The first-order chi connectivity index (χ1) is 14.1. The van der Waals surface area contributed by atoms with E-state index in [4.69, 9.17) is 8.83 Å². The first kappa shape index (κ1) is 17.5. The maximum atomic E-state index is 12.9. The number of aromatic nitrogens is 4. The number of nitrogens with zero attached hydrogens (tertiary/aromatic N) is 5. The van der Waals surface area contributed by atoms with Crippen molar-refractivity contribution >= 4 is 16.9 Å². The molecule has 4 heterocycles. The molecule has 5 rings (SSSR count). The average molecular weight is 389 g/mol. The van der Waals surface area contributed by atoms with Crippen LogP contribution in [0.15, 0.2) is 45.5 Å². The maximum absolute atomic E-state index is 12.9. The van der Waals surface area contributed by atoms with Crippen LogP contribution in [-0.2, 0) is 0 Å². The third-order valence-corrected chi connectivity index (χ3v) is 5.15. The van der Waals surface area contributed by atoms with Gasteiger partial charge in [-0.3, -0.25) is 9.78 Å². The summed E-state index contributed by atoms with van der Waals surface area (Å²) in [5.74, 6) is 1.07. The van der Waals surface area contributed by atoms with Crippen LogP contribution in [-0.4, -0.2) is 44.1 Å². The molecule has 146 valence electrons. The summed E-state index contributed by atoms with van der Waals surface area (Å²) in [6.45, 7) is 5.00. The molecule has 1 aliphatic heterocycles. The van der Waals surface area contributed by atoms with Crippen molar-refractivity contribution in [1.29, 1.82) is 0 Å². The second-order valence-electron chi connectivity index (χ2n) is 7.38. The van der Waals surface area contributed by atoms with Gasteiger partial charge in [0.05, 0.1) is 17.8 Å². The normalized spacial score (nSPS) is 16.6. The molecule has 1 aliphatic rings. The number of likely N-dealkylation sites (tertiary alicyclic amines) is 1. The molecule has 0 aliphatic carbocycles. The number of hydrogen-bond acceptors (Lipinski definition) is 7. The molecule has 1 atom stereocenters. The van der Waals surface area contributed by atoms with Crippen LogP contribution in [0.4, 0.5) is 0 Å². The van der Waals surface area contributed by atoms with E-state index in [1.54, 1.807) is 23.4 Å². The Morgan fingerprint density at radius 1 is 1.10 bits per heavy atom. The maximum Gasteiger partial charge on any atom is 0.289 e. The van der Waals surface area contributed by atoms with Gasteiger partial charge in [-0.25, -0.2) is 4.98 Å². The Kier molecular flexibility index (Phi) is 4.12. The van der Waals surface area contributed by atoms with Gasteiger partial charge in [0.2, 0.25) is 5.89 Å². The molecular formula is C21H19N5O3. The van der Waals surface area contributed by atoms with Crippen LogP contribution in [0.2, 0.25) is 0 Å². The Morgan fingerprint density at radius 2 is 2.00 bits per heavy atom. The summed E-state index contributed by atoms with van der Waals surface area (Å²) in [4.78, 5) is 23.1. The van der Waals surface area contributed by atoms with Gasteiger partial charge in [0.1, 0.15) is 11.3 Å². The molecular weight excluding hydrogens is 370 g/mol. The molecule has 29 heavy (non-hydrogen) atoms. The lowest BCUT2D eigenvalue weighted by molar-refractivity contribution is 0.0760. The summed E-state index contributed by atoms with van der Waals surface area (Å²) in [7, 11) is 0. The minimum atomic E-state index is -0.120. The Labute approximate surface area is 166 Å². The van der Waals surface area contributed by atoms with E-state index in [0.717, 1.165) is 28.6 Å². The summed E-state index contributed by atoms with van der Waals surface area (Å²) in [6.07, 6.45) is 4.02. The predicted molar refractivity (Wildman–Crippen MR) is 104 cm³/mol. The van der Waals surface area contributed by atoms with Crippen molar-refractivity contribution in [2.45, 2.75) is 26.2 Å². The fraction of sp³-hybridized carbons (Fsp3) is 0.286. The van der Waals surface area contributed by atoms with Crippen LogP contribution in [0.5, 0.6) is 0 Å². The van der Waals surface area contributed by atoms with E-state index in [2.05, 4.69) is 20.2 Å². The fourth-order valence-electron chi connectivity index (χ4n) is 3.58. The molecule has 1 fully saturated rings. The van der Waals surface area contributed by atoms with Crippen molar-refractivity contribution in [3.63, 3.8) is 0 Å². The molecule has 3 aromatic heterocycles. The fourth-order valence-corrected chi connectivity index (χ4v) is 3.58. The van der Waals surface area contributed by atoms with Crippen LogP contribution in [0, 0.1) is 13.8 Å². The minimum Gasteiger partial charge on any atom is -0.451 e. The molecule has 1 amide bonds. The van der Waals surface area contributed by atoms with E-state index in [1.807, 2.05) is 32.0 Å². The third-order valence-electron chi connectivity index (χ3n) is 5.15. The van der Waals surface area contributed by atoms with Crippen LogP contribution in [0.1, 0.15) is 40.0 Å². The summed E-state index contributed by atoms with van der Waals surface area (Å²) in [5, 5.41) is 9.18. The molecule has 8 heteroatoms. The van der Waals surface area contributed by atoms with E-state index in [0.29, 0.717) is 36.3 Å². The molecule has 4 aromatic rings. The van der Waals surface area contributed by atoms with Gasteiger partial charge in [0.15, 0.2) is 5.76 Å². The Morgan fingerprint density at radius 3 is 2.83 bits per heavy atom. The lowest BCUT2D eigenvalue weighted by Crippen LogP contribution is -2.28. The van der Waals surface area contributed by atoms with Crippen molar-refractivity contribution in [2.75, 3.05) is 13.1 Å². The highest BCUT2D eigenvalue weighted by atomic mass is 16.4. The molecule has 1 aromatic carbocycles.